The molecule has 8 heteroatoms. The Morgan fingerprint density at radius 2 is 1.76 bits per heavy atom. The van der Waals surface area contributed by atoms with Crippen molar-refractivity contribution < 1.29 is 0 Å². The number of H-pyrrole nitrogens is 2. The van der Waals surface area contributed by atoms with E-state index in [1.165, 1.54) is 6.33 Å². The zero-order valence-corrected chi connectivity index (χ0v) is 15.8. The Balaban J connectivity index is 1.53. The average Bonchev–Trinajstić information content (AvgIpc) is 3.52. The fraction of sp³-hybridized carbons (Fsp3) is 0. The third-order valence-corrected chi connectivity index (χ3v) is 5.59. The normalized spacial score (nSPS) is 11.4. The van der Waals surface area contributed by atoms with Crippen molar-refractivity contribution in [1.82, 2.24) is 35.1 Å². The van der Waals surface area contributed by atoms with E-state index in [1.807, 2.05) is 12.3 Å². The molecule has 0 saturated heterocycles. The van der Waals surface area contributed by atoms with E-state index in [4.69, 9.17) is 0 Å². The first-order valence-electron chi connectivity index (χ1n) is 8.97. The van der Waals surface area contributed by atoms with Crippen LogP contribution in [0.2, 0.25) is 0 Å². The Kier molecular flexibility index (Phi) is 3.50. The number of thiophene rings is 1. The summed E-state index contributed by atoms with van der Waals surface area (Å²) in [6.45, 7) is 0. The number of fused-ring (bicyclic) bond motifs is 2. The molecule has 0 radical (unpaired) electrons. The lowest BCUT2D eigenvalue weighted by molar-refractivity contribution is 1.10. The number of nitrogens with zero attached hydrogens (tertiary/aromatic N) is 5. The van der Waals surface area contributed by atoms with E-state index in [-0.39, 0.29) is 0 Å². The molecular formula is C21H13N7S. The Morgan fingerprint density at radius 3 is 2.62 bits per heavy atom. The van der Waals surface area contributed by atoms with E-state index in [1.54, 1.807) is 29.9 Å². The Labute approximate surface area is 168 Å². The minimum absolute atomic E-state index is 0.732. The fourth-order valence-electron chi connectivity index (χ4n) is 3.53. The second-order valence-electron chi connectivity index (χ2n) is 6.64. The van der Waals surface area contributed by atoms with Gasteiger partial charge >= 0.3 is 0 Å². The third-order valence-electron chi connectivity index (χ3n) is 4.91. The van der Waals surface area contributed by atoms with Gasteiger partial charge in [0, 0.05) is 63.1 Å². The number of aromatic nitrogens is 7. The first-order valence-corrected chi connectivity index (χ1v) is 9.91. The minimum atomic E-state index is 0.732. The Bertz CT molecular complexity index is 1450. The number of hydrogen-bond acceptors (Lipinski definition) is 6. The Hall–Kier alpha value is -3.91. The summed E-state index contributed by atoms with van der Waals surface area (Å²) < 4.78 is 0. The molecule has 0 unspecified atom stereocenters. The molecule has 6 aromatic rings. The predicted molar refractivity (Wildman–Crippen MR) is 113 cm³/mol. The van der Waals surface area contributed by atoms with E-state index in [9.17, 15) is 0 Å². The van der Waals surface area contributed by atoms with Crippen molar-refractivity contribution in [1.29, 1.82) is 0 Å². The van der Waals surface area contributed by atoms with E-state index in [0.717, 1.165) is 55.7 Å². The van der Waals surface area contributed by atoms with Crippen molar-refractivity contribution in [3.05, 3.63) is 66.1 Å². The summed E-state index contributed by atoms with van der Waals surface area (Å²) in [6.07, 6.45) is 8.69. The number of rotatable bonds is 3. The SMILES string of the molecule is c1ncc(-c2cnc3[nH]nc(-c4cc5c(-c6ccsc6)nccc5[nH]4)c3c2)cn1. The van der Waals surface area contributed by atoms with Crippen LogP contribution in [0.15, 0.2) is 66.1 Å². The maximum atomic E-state index is 4.59. The van der Waals surface area contributed by atoms with Gasteiger partial charge in [0.15, 0.2) is 5.65 Å². The molecular weight excluding hydrogens is 382 g/mol. The molecule has 6 heterocycles. The van der Waals surface area contributed by atoms with Crippen LogP contribution in [-0.2, 0) is 0 Å². The van der Waals surface area contributed by atoms with Gasteiger partial charge in [0.25, 0.3) is 0 Å². The number of pyridine rings is 2. The van der Waals surface area contributed by atoms with Crippen LogP contribution in [0.1, 0.15) is 0 Å². The standard InChI is InChI=1S/C21H13N7S/c1-3-24-19(12-2-4-29-10-12)15-6-18(26-17(1)15)20-16-5-13(9-25-21(16)28-27-20)14-7-22-11-23-8-14/h1-11,26H,(H,25,27,28). The average molecular weight is 395 g/mol. The van der Waals surface area contributed by atoms with Crippen LogP contribution in [-0.4, -0.2) is 35.1 Å². The van der Waals surface area contributed by atoms with E-state index >= 15 is 0 Å². The Morgan fingerprint density at radius 1 is 0.828 bits per heavy atom. The van der Waals surface area contributed by atoms with Gasteiger partial charge in [-0.05, 0) is 29.6 Å². The molecule has 0 aromatic carbocycles. The molecule has 2 N–H and O–H groups in total. The highest BCUT2D eigenvalue weighted by Gasteiger charge is 2.15. The highest BCUT2D eigenvalue weighted by molar-refractivity contribution is 7.08. The molecule has 29 heavy (non-hydrogen) atoms. The van der Waals surface area contributed by atoms with Crippen molar-refractivity contribution in [3.8, 4) is 33.8 Å². The van der Waals surface area contributed by atoms with Gasteiger partial charge < -0.3 is 4.98 Å². The van der Waals surface area contributed by atoms with Crippen LogP contribution in [0.25, 0.3) is 55.7 Å². The van der Waals surface area contributed by atoms with Crippen LogP contribution in [0.4, 0.5) is 0 Å². The summed E-state index contributed by atoms with van der Waals surface area (Å²) in [6, 6.07) is 8.22. The maximum Gasteiger partial charge on any atom is 0.155 e. The van der Waals surface area contributed by atoms with Crippen molar-refractivity contribution >= 4 is 33.3 Å². The molecule has 138 valence electrons. The van der Waals surface area contributed by atoms with Crippen molar-refractivity contribution in [2.75, 3.05) is 0 Å². The lowest BCUT2D eigenvalue weighted by Gasteiger charge is -2.00. The number of hydrogen-bond donors (Lipinski definition) is 2. The van der Waals surface area contributed by atoms with Gasteiger partial charge in [0.2, 0.25) is 0 Å². The zero-order valence-electron chi connectivity index (χ0n) is 15.0. The summed E-state index contributed by atoms with van der Waals surface area (Å²) in [5.74, 6) is 0. The van der Waals surface area contributed by atoms with Crippen LogP contribution in [0, 0.1) is 0 Å². The number of aromatic amines is 2. The van der Waals surface area contributed by atoms with Crippen LogP contribution < -0.4 is 0 Å². The molecule has 6 aromatic heterocycles. The molecule has 0 aliphatic carbocycles. The second-order valence-corrected chi connectivity index (χ2v) is 7.42. The molecule has 0 aliphatic heterocycles. The van der Waals surface area contributed by atoms with Crippen molar-refractivity contribution in [2.24, 2.45) is 0 Å². The van der Waals surface area contributed by atoms with Crippen LogP contribution in [0.5, 0.6) is 0 Å². The van der Waals surface area contributed by atoms with Gasteiger partial charge in [0.1, 0.15) is 12.0 Å². The molecule has 0 amide bonds. The van der Waals surface area contributed by atoms with E-state index in [2.05, 4.69) is 64.1 Å². The molecule has 0 saturated carbocycles. The van der Waals surface area contributed by atoms with Crippen LogP contribution >= 0.6 is 11.3 Å². The predicted octanol–water partition coefficient (Wildman–Crippen LogP) is 4.69. The summed E-state index contributed by atoms with van der Waals surface area (Å²) >= 11 is 1.66. The summed E-state index contributed by atoms with van der Waals surface area (Å²) in [5, 5.41) is 13.7. The van der Waals surface area contributed by atoms with E-state index < -0.39 is 0 Å². The molecule has 0 spiro atoms. The topological polar surface area (TPSA) is 96.0 Å². The van der Waals surface area contributed by atoms with Gasteiger partial charge in [-0.15, -0.1) is 0 Å². The molecule has 0 bridgehead atoms. The third kappa shape index (κ3) is 2.61. The highest BCUT2D eigenvalue weighted by atomic mass is 32.1. The van der Waals surface area contributed by atoms with Gasteiger partial charge in [-0.3, -0.25) is 10.1 Å². The first-order chi connectivity index (χ1) is 14.4. The molecule has 0 atom stereocenters. The maximum absolute atomic E-state index is 4.59. The summed E-state index contributed by atoms with van der Waals surface area (Å²) in [7, 11) is 0. The van der Waals surface area contributed by atoms with Gasteiger partial charge in [-0.1, -0.05) is 0 Å². The second kappa shape index (κ2) is 6.32. The van der Waals surface area contributed by atoms with Crippen molar-refractivity contribution in [3.63, 3.8) is 0 Å². The van der Waals surface area contributed by atoms with Gasteiger partial charge in [-0.2, -0.15) is 16.4 Å². The smallest absolute Gasteiger partial charge is 0.155 e. The van der Waals surface area contributed by atoms with Crippen LogP contribution in [0.3, 0.4) is 0 Å². The lowest BCUT2D eigenvalue weighted by atomic mass is 10.1. The molecule has 6 rings (SSSR count). The first kappa shape index (κ1) is 16.1. The largest absolute Gasteiger partial charge is 0.353 e. The summed E-state index contributed by atoms with van der Waals surface area (Å²) in [4.78, 5) is 20.8. The zero-order chi connectivity index (χ0) is 19.2. The molecule has 7 nitrogen and oxygen atoms in total. The minimum Gasteiger partial charge on any atom is -0.353 e. The quantitative estimate of drug-likeness (QED) is 0.453. The van der Waals surface area contributed by atoms with Crippen molar-refractivity contribution in [2.45, 2.75) is 0 Å². The van der Waals surface area contributed by atoms with Gasteiger partial charge in [-0.25, -0.2) is 15.0 Å². The molecule has 0 aliphatic rings. The summed E-state index contributed by atoms with van der Waals surface area (Å²) in [5.41, 5.74) is 7.42. The number of nitrogens with one attached hydrogen (secondary N) is 2. The van der Waals surface area contributed by atoms with Gasteiger partial charge in [0.05, 0.1) is 11.4 Å². The monoisotopic (exact) mass is 395 g/mol. The van der Waals surface area contributed by atoms with E-state index in [0.29, 0.717) is 0 Å². The fourth-order valence-corrected chi connectivity index (χ4v) is 4.17. The highest BCUT2D eigenvalue weighted by Crippen LogP contribution is 2.34. The lowest BCUT2D eigenvalue weighted by Crippen LogP contribution is -1.85. The molecule has 0 fully saturated rings.